The van der Waals surface area contributed by atoms with Gasteiger partial charge < -0.3 is 10.2 Å². The van der Waals surface area contributed by atoms with Gasteiger partial charge in [-0.1, -0.05) is 0 Å². The molecule has 2 aliphatic rings. The topological polar surface area (TPSA) is 87.2 Å². The van der Waals surface area contributed by atoms with Crippen molar-refractivity contribution in [3.63, 3.8) is 0 Å². The van der Waals surface area contributed by atoms with Crippen molar-refractivity contribution in [1.82, 2.24) is 20.0 Å². The number of nitrogens with zero attached hydrogens (tertiary/aromatic N) is 2. The van der Waals surface area contributed by atoms with Crippen LogP contribution in [0.4, 0.5) is 0 Å². The van der Waals surface area contributed by atoms with Crippen molar-refractivity contribution >= 4 is 5.91 Å². The average Bonchev–Trinajstić information content (AvgIpc) is 3.20. The highest BCUT2D eigenvalue weighted by Crippen LogP contribution is 2.31. The molecule has 1 saturated carbocycles. The number of nitrogens with one attached hydrogen (secondary N) is 2. The van der Waals surface area contributed by atoms with Gasteiger partial charge in [0.05, 0.1) is 0 Å². The molecule has 0 spiro atoms. The second-order valence-electron chi connectivity index (χ2n) is 5.92. The molecule has 0 radical (unpaired) electrons. The lowest BCUT2D eigenvalue weighted by molar-refractivity contribution is -0.122. The van der Waals surface area contributed by atoms with Gasteiger partial charge in [-0.05, 0) is 31.7 Å². The number of H-pyrrole nitrogens is 1. The summed E-state index contributed by atoms with van der Waals surface area (Å²) in [6.07, 6.45) is 3.73. The third kappa shape index (κ3) is 3.60. The molecule has 1 aliphatic carbocycles. The zero-order valence-electron chi connectivity index (χ0n) is 11.9. The fourth-order valence-corrected chi connectivity index (χ4v) is 2.84. The van der Waals surface area contributed by atoms with Crippen LogP contribution >= 0.6 is 0 Å². The molecule has 0 aromatic carbocycles. The van der Waals surface area contributed by atoms with Gasteiger partial charge in [-0.2, -0.15) is 0 Å². The minimum atomic E-state index is -0.390. The zero-order valence-corrected chi connectivity index (χ0v) is 11.9. The Balaban J connectivity index is 1.47. The number of hydrogen-bond acceptors (Lipinski definition) is 4. The van der Waals surface area contributed by atoms with Gasteiger partial charge in [0.1, 0.15) is 6.54 Å². The molecule has 1 amide bonds. The Labute approximate surface area is 121 Å². The van der Waals surface area contributed by atoms with Gasteiger partial charge in [0.25, 0.3) is 11.1 Å². The van der Waals surface area contributed by atoms with E-state index >= 15 is 0 Å². The van der Waals surface area contributed by atoms with Crippen molar-refractivity contribution in [3.8, 4) is 0 Å². The first-order valence-corrected chi connectivity index (χ1v) is 7.43. The van der Waals surface area contributed by atoms with Gasteiger partial charge in [0, 0.05) is 31.3 Å². The molecule has 1 aromatic heterocycles. The van der Waals surface area contributed by atoms with E-state index in [2.05, 4.69) is 15.3 Å². The first-order chi connectivity index (χ1) is 10.1. The summed E-state index contributed by atoms with van der Waals surface area (Å²) in [5.74, 6) is 0.241. The molecule has 7 heteroatoms. The Morgan fingerprint density at radius 2 is 2.10 bits per heavy atom. The molecule has 2 fully saturated rings. The molecule has 3 rings (SSSR count). The van der Waals surface area contributed by atoms with Crippen molar-refractivity contribution in [3.05, 3.63) is 32.8 Å². The lowest BCUT2D eigenvalue weighted by Crippen LogP contribution is -2.38. The van der Waals surface area contributed by atoms with E-state index in [9.17, 15) is 14.4 Å². The van der Waals surface area contributed by atoms with Gasteiger partial charge in [0.15, 0.2) is 0 Å². The second-order valence-corrected chi connectivity index (χ2v) is 5.92. The molecule has 2 heterocycles. The normalized spacial score (nSPS) is 22.4. The summed E-state index contributed by atoms with van der Waals surface area (Å²) < 4.78 is 1.03. The zero-order chi connectivity index (χ0) is 14.8. The van der Waals surface area contributed by atoms with Crippen LogP contribution in [0.5, 0.6) is 0 Å². The Bertz CT molecular complexity index is 632. The van der Waals surface area contributed by atoms with Crippen molar-refractivity contribution in [1.29, 1.82) is 0 Å². The molecule has 114 valence electrons. The molecule has 1 aromatic rings. The van der Waals surface area contributed by atoms with E-state index in [1.54, 1.807) is 0 Å². The second kappa shape index (κ2) is 5.85. The van der Waals surface area contributed by atoms with Crippen molar-refractivity contribution < 1.29 is 4.79 Å². The van der Waals surface area contributed by atoms with E-state index in [1.165, 1.54) is 12.8 Å². The number of likely N-dealkylation sites (tertiary alicyclic amines) is 1. The maximum atomic E-state index is 11.9. The molecule has 21 heavy (non-hydrogen) atoms. The lowest BCUT2D eigenvalue weighted by Gasteiger charge is -2.15. The largest absolute Gasteiger partial charge is 0.354 e. The molecule has 0 bridgehead atoms. The van der Waals surface area contributed by atoms with Crippen molar-refractivity contribution in [2.75, 3.05) is 19.6 Å². The van der Waals surface area contributed by atoms with E-state index in [0.717, 1.165) is 42.4 Å². The van der Waals surface area contributed by atoms with Crippen LogP contribution in [0.1, 0.15) is 19.3 Å². The first-order valence-electron chi connectivity index (χ1n) is 7.43. The predicted octanol–water partition coefficient (Wildman–Crippen LogP) is -0.863. The van der Waals surface area contributed by atoms with E-state index < -0.39 is 5.56 Å². The average molecular weight is 292 g/mol. The maximum absolute atomic E-state index is 11.9. The van der Waals surface area contributed by atoms with Crippen LogP contribution in [0.25, 0.3) is 0 Å². The smallest absolute Gasteiger partial charge is 0.265 e. The van der Waals surface area contributed by atoms with Crippen molar-refractivity contribution in [2.45, 2.75) is 31.8 Å². The molecule has 1 unspecified atom stereocenters. The summed E-state index contributed by atoms with van der Waals surface area (Å²) in [6, 6.07) is 3.09. The van der Waals surface area contributed by atoms with Crippen LogP contribution in [-0.2, 0) is 11.3 Å². The standard InChI is InChI=1S/C14H20N4O3/c19-12-3-4-14(21)18(16-12)9-13(20)15-7-10-5-6-17(8-10)11-1-2-11/h3-4,10-11H,1-2,5-9H2,(H,15,20)(H,16,19). The number of hydrogen-bond donors (Lipinski definition) is 2. The third-order valence-corrected chi connectivity index (χ3v) is 4.16. The number of aromatic nitrogens is 2. The predicted molar refractivity (Wildman–Crippen MR) is 77.0 cm³/mol. The Kier molecular flexibility index (Phi) is 3.92. The van der Waals surface area contributed by atoms with Crippen LogP contribution in [0.2, 0.25) is 0 Å². The number of rotatable bonds is 5. The highest BCUT2D eigenvalue weighted by molar-refractivity contribution is 5.75. The van der Waals surface area contributed by atoms with Gasteiger partial charge >= 0.3 is 0 Å². The molecule has 1 atom stereocenters. The number of amides is 1. The van der Waals surface area contributed by atoms with Gasteiger partial charge in [0.2, 0.25) is 5.91 Å². The molecule has 1 saturated heterocycles. The van der Waals surface area contributed by atoms with Crippen LogP contribution < -0.4 is 16.4 Å². The summed E-state index contributed by atoms with van der Waals surface area (Å²) in [5.41, 5.74) is -0.774. The SMILES string of the molecule is O=C(Cn1[nH]c(=O)ccc1=O)NCC1CCN(C2CC2)C1. The number of aromatic amines is 1. The summed E-state index contributed by atoms with van der Waals surface area (Å²) >= 11 is 0. The van der Waals surface area contributed by atoms with E-state index in [0.29, 0.717) is 12.5 Å². The quantitative estimate of drug-likeness (QED) is 0.739. The summed E-state index contributed by atoms with van der Waals surface area (Å²) in [6.45, 7) is 2.66. The highest BCUT2D eigenvalue weighted by Gasteiger charge is 2.34. The van der Waals surface area contributed by atoms with Crippen LogP contribution in [0.3, 0.4) is 0 Å². The van der Waals surface area contributed by atoms with Gasteiger partial charge in [-0.3, -0.25) is 19.5 Å². The van der Waals surface area contributed by atoms with Crippen LogP contribution in [0.15, 0.2) is 21.7 Å². The van der Waals surface area contributed by atoms with E-state index in [1.807, 2.05) is 0 Å². The fraction of sp³-hybridized carbons (Fsp3) is 0.643. The number of carbonyl (C=O) groups is 1. The Hall–Kier alpha value is -1.89. The lowest BCUT2D eigenvalue weighted by atomic mass is 10.1. The van der Waals surface area contributed by atoms with Gasteiger partial charge in [-0.25, -0.2) is 4.68 Å². The van der Waals surface area contributed by atoms with Gasteiger partial charge in [-0.15, -0.1) is 0 Å². The fourth-order valence-electron chi connectivity index (χ4n) is 2.84. The molecular formula is C14H20N4O3. The summed E-state index contributed by atoms with van der Waals surface area (Å²) in [5, 5.41) is 5.20. The van der Waals surface area contributed by atoms with Crippen LogP contribution in [0, 0.1) is 5.92 Å². The first kappa shape index (κ1) is 14.1. The Morgan fingerprint density at radius 1 is 1.29 bits per heavy atom. The molecule has 1 aliphatic heterocycles. The summed E-state index contributed by atoms with van der Waals surface area (Å²) in [7, 11) is 0. The molecular weight excluding hydrogens is 272 g/mol. The minimum Gasteiger partial charge on any atom is -0.354 e. The molecule has 7 nitrogen and oxygen atoms in total. The maximum Gasteiger partial charge on any atom is 0.265 e. The highest BCUT2D eigenvalue weighted by atomic mass is 16.2. The van der Waals surface area contributed by atoms with Crippen molar-refractivity contribution in [2.24, 2.45) is 5.92 Å². The number of carbonyl (C=O) groups excluding carboxylic acids is 1. The third-order valence-electron chi connectivity index (χ3n) is 4.16. The van der Waals surface area contributed by atoms with Crippen LogP contribution in [-0.4, -0.2) is 46.3 Å². The minimum absolute atomic E-state index is 0.145. The monoisotopic (exact) mass is 292 g/mol. The van der Waals surface area contributed by atoms with E-state index in [-0.39, 0.29) is 18.0 Å². The summed E-state index contributed by atoms with van der Waals surface area (Å²) in [4.78, 5) is 37.0. The Morgan fingerprint density at radius 3 is 2.86 bits per heavy atom. The van der Waals surface area contributed by atoms with E-state index in [4.69, 9.17) is 0 Å². The molecule has 2 N–H and O–H groups in total.